The van der Waals surface area contributed by atoms with E-state index in [9.17, 15) is 18.3 Å². The van der Waals surface area contributed by atoms with E-state index >= 15 is 0 Å². The minimum atomic E-state index is -4.81. The van der Waals surface area contributed by atoms with E-state index in [1.54, 1.807) is 6.92 Å². The summed E-state index contributed by atoms with van der Waals surface area (Å²) in [5.41, 5.74) is 7.76. The number of rotatable bonds is 8. The van der Waals surface area contributed by atoms with Crippen molar-refractivity contribution in [3.8, 4) is 11.5 Å². The van der Waals surface area contributed by atoms with Crippen molar-refractivity contribution in [1.29, 1.82) is 0 Å². The molecule has 1 atom stereocenters. The third-order valence-electron chi connectivity index (χ3n) is 3.83. The molecule has 0 aliphatic carbocycles. The van der Waals surface area contributed by atoms with E-state index in [2.05, 4.69) is 4.74 Å². The van der Waals surface area contributed by atoms with Crippen LogP contribution in [0.15, 0.2) is 53.8 Å². The van der Waals surface area contributed by atoms with Crippen LogP contribution in [0.1, 0.15) is 38.8 Å². The number of likely N-dealkylation sites (N-methyl/N-ethyl adjacent to an activating group) is 1. The first-order valence-electron chi connectivity index (χ1n) is 8.59. The minimum absolute atomic E-state index is 0.269. The quantitative estimate of drug-likeness (QED) is 0.617. The summed E-state index contributed by atoms with van der Waals surface area (Å²) < 4.78 is 41.0. The molecule has 1 rings (SSSR count). The normalized spacial score (nSPS) is 14.8. The van der Waals surface area contributed by atoms with Gasteiger partial charge < -0.3 is 15.6 Å². The van der Waals surface area contributed by atoms with Crippen molar-refractivity contribution in [2.45, 2.75) is 39.6 Å². The molecule has 0 heterocycles. The number of phenols is 1. The maximum Gasteiger partial charge on any atom is 0.573 e. The molecule has 0 amide bonds. The van der Waals surface area contributed by atoms with Crippen molar-refractivity contribution in [2.75, 3.05) is 13.6 Å². The summed E-state index contributed by atoms with van der Waals surface area (Å²) in [6.45, 7) is 6.20. The van der Waals surface area contributed by atoms with Crippen molar-refractivity contribution in [3.63, 3.8) is 0 Å². The molecule has 0 aromatic heterocycles. The molecule has 3 N–H and O–H groups in total. The van der Waals surface area contributed by atoms with Crippen LogP contribution in [0.4, 0.5) is 13.2 Å². The summed E-state index contributed by atoms with van der Waals surface area (Å²) in [4.78, 5) is 1.95. The average Bonchev–Trinajstić information content (AvgIpc) is 2.54. The summed E-state index contributed by atoms with van der Waals surface area (Å²) in [5, 5.41) is 10.3. The van der Waals surface area contributed by atoms with Gasteiger partial charge in [0.25, 0.3) is 0 Å². The summed E-state index contributed by atoms with van der Waals surface area (Å²) in [5.74, 6) is -0.732. The molecule has 27 heavy (non-hydrogen) atoms. The van der Waals surface area contributed by atoms with Crippen LogP contribution in [0.5, 0.6) is 11.5 Å². The number of ether oxygens (including phenoxy) is 1. The van der Waals surface area contributed by atoms with Crippen LogP contribution >= 0.6 is 0 Å². The fraction of sp³-hybridized carbons (Fsp3) is 0.400. The zero-order valence-corrected chi connectivity index (χ0v) is 16.0. The number of alkyl halides is 3. The monoisotopic (exact) mass is 384 g/mol. The molecule has 0 radical (unpaired) electrons. The van der Waals surface area contributed by atoms with Gasteiger partial charge in [0.2, 0.25) is 0 Å². The number of nitrogens with two attached hydrogens (primary N) is 1. The first-order chi connectivity index (χ1) is 12.5. The van der Waals surface area contributed by atoms with Gasteiger partial charge >= 0.3 is 6.36 Å². The second-order valence-corrected chi connectivity index (χ2v) is 6.31. The van der Waals surface area contributed by atoms with E-state index in [1.807, 2.05) is 50.1 Å². The number of nitrogens with zero attached hydrogens (tertiary/aromatic N) is 1. The molecule has 150 valence electrons. The van der Waals surface area contributed by atoms with Gasteiger partial charge in [-0.25, -0.2) is 0 Å². The molecule has 7 heteroatoms. The Hall–Kier alpha value is -2.41. The van der Waals surface area contributed by atoms with E-state index < -0.39 is 12.1 Å². The van der Waals surface area contributed by atoms with E-state index in [0.717, 1.165) is 18.1 Å². The first kappa shape index (κ1) is 22.6. The fourth-order valence-electron chi connectivity index (χ4n) is 2.62. The van der Waals surface area contributed by atoms with E-state index in [-0.39, 0.29) is 11.8 Å². The first-order valence-corrected chi connectivity index (χ1v) is 8.59. The van der Waals surface area contributed by atoms with Gasteiger partial charge in [-0.1, -0.05) is 36.8 Å². The Morgan fingerprint density at radius 2 is 2.00 bits per heavy atom. The van der Waals surface area contributed by atoms with Crippen LogP contribution in [-0.2, 0) is 0 Å². The van der Waals surface area contributed by atoms with Gasteiger partial charge in [-0.3, -0.25) is 4.90 Å². The van der Waals surface area contributed by atoms with E-state index in [4.69, 9.17) is 5.73 Å². The Kier molecular flexibility index (Phi) is 8.43. The second-order valence-electron chi connectivity index (χ2n) is 6.31. The SMILES string of the molecule is CC/C=C\C=C(/C)C(c1ccc(OC(F)(F)F)cc1O)N(C)C/C=C(\C)N. The average molecular weight is 384 g/mol. The number of aromatic hydroxyl groups is 1. The molecule has 1 aromatic rings. The van der Waals surface area contributed by atoms with E-state index in [1.165, 1.54) is 12.1 Å². The number of hydrogen-bond donors (Lipinski definition) is 2. The van der Waals surface area contributed by atoms with Crippen molar-refractivity contribution in [1.82, 2.24) is 4.90 Å². The van der Waals surface area contributed by atoms with Crippen molar-refractivity contribution in [3.05, 3.63) is 59.3 Å². The van der Waals surface area contributed by atoms with Crippen LogP contribution in [0.3, 0.4) is 0 Å². The topological polar surface area (TPSA) is 58.7 Å². The molecule has 4 nitrogen and oxygen atoms in total. The number of phenolic OH excluding ortho intramolecular Hbond substituents is 1. The molecule has 1 unspecified atom stereocenters. The van der Waals surface area contributed by atoms with E-state index in [0.29, 0.717) is 17.8 Å². The molecule has 0 spiro atoms. The van der Waals surface area contributed by atoms with Crippen LogP contribution in [0, 0.1) is 0 Å². The van der Waals surface area contributed by atoms with Gasteiger partial charge in [-0.05, 0) is 39.4 Å². The Labute approximate surface area is 158 Å². The Balaban J connectivity index is 3.27. The second kappa shape index (κ2) is 10.1. The van der Waals surface area contributed by atoms with Gasteiger partial charge in [-0.15, -0.1) is 13.2 Å². The highest BCUT2D eigenvalue weighted by molar-refractivity contribution is 5.44. The predicted octanol–water partition coefficient (Wildman–Crippen LogP) is 5.04. The standard InChI is InChI=1S/C20H27F3N2O2/c1-5-6-7-8-14(2)19(25(4)12-11-15(3)24)17-10-9-16(13-18(17)26)27-20(21,22)23/h6-11,13,19,26H,5,12,24H2,1-4H3/b7-6-,14-8+,15-11+. The van der Waals surface area contributed by atoms with Gasteiger partial charge in [0.15, 0.2) is 0 Å². The van der Waals surface area contributed by atoms with Crippen LogP contribution in [0.25, 0.3) is 0 Å². The molecule has 0 fully saturated rings. The van der Waals surface area contributed by atoms with Gasteiger partial charge in [0.1, 0.15) is 11.5 Å². The van der Waals surface area contributed by atoms with Crippen molar-refractivity contribution < 1.29 is 23.0 Å². The summed E-state index contributed by atoms with van der Waals surface area (Å²) in [7, 11) is 1.85. The smallest absolute Gasteiger partial charge is 0.507 e. The number of halogens is 3. The summed E-state index contributed by atoms with van der Waals surface area (Å²) in [6.07, 6.45) is 3.73. The fourth-order valence-corrected chi connectivity index (χ4v) is 2.62. The number of allylic oxidation sites excluding steroid dienone is 4. The lowest BCUT2D eigenvalue weighted by atomic mass is 9.96. The van der Waals surface area contributed by atoms with Crippen molar-refractivity contribution >= 4 is 0 Å². The molecule has 0 aliphatic rings. The lowest BCUT2D eigenvalue weighted by molar-refractivity contribution is -0.274. The Morgan fingerprint density at radius 1 is 1.33 bits per heavy atom. The molecular formula is C20H27F3N2O2. The third-order valence-corrected chi connectivity index (χ3v) is 3.83. The maximum absolute atomic E-state index is 12.4. The highest BCUT2D eigenvalue weighted by Gasteiger charge is 2.31. The van der Waals surface area contributed by atoms with Crippen LogP contribution in [-0.4, -0.2) is 30.0 Å². The molecular weight excluding hydrogens is 357 g/mol. The largest absolute Gasteiger partial charge is 0.573 e. The molecule has 0 aliphatic heterocycles. The molecule has 0 saturated heterocycles. The Morgan fingerprint density at radius 3 is 2.52 bits per heavy atom. The third kappa shape index (κ3) is 7.78. The maximum atomic E-state index is 12.4. The molecule has 0 bridgehead atoms. The summed E-state index contributed by atoms with van der Waals surface area (Å²) >= 11 is 0. The zero-order valence-electron chi connectivity index (χ0n) is 16.0. The summed E-state index contributed by atoms with van der Waals surface area (Å²) in [6, 6.07) is 3.27. The van der Waals surface area contributed by atoms with Crippen LogP contribution in [0.2, 0.25) is 0 Å². The van der Waals surface area contributed by atoms with Gasteiger partial charge in [-0.2, -0.15) is 0 Å². The molecule has 0 saturated carbocycles. The number of benzene rings is 1. The van der Waals surface area contributed by atoms with Crippen LogP contribution < -0.4 is 10.5 Å². The van der Waals surface area contributed by atoms with Gasteiger partial charge in [0.05, 0.1) is 6.04 Å². The lowest BCUT2D eigenvalue weighted by Crippen LogP contribution is -2.26. The highest BCUT2D eigenvalue weighted by Crippen LogP contribution is 2.36. The molecule has 1 aromatic carbocycles. The minimum Gasteiger partial charge on any atom is -0.507 e. The lowest BCUT2D eigenvalue weighted by Gasteiger charge is -2.29. The number of hydrogen-bond acceptors (Lipinski definition) is 4. The highest BCUT2D eigenvalue weighted by atomic mass is 19.4. The van der Waals surface area contributed by atoms with Crippen molar-refractivity contribution in [2.24, 2.45) is 5.73 Å². The van der Waals surface area contributed by atoms with Gasteiger partial charge in [0, 0.05) is 23.9 Å². The zero-order chi connectivity index (χ0) is 20.6. The predicted molar refractivity (Wildman–Crippen MR) is 101 cm³/mol. The Bertz CT molecular complexity index is 706.